The van der Waals surface area contributed by atoms with E-state index in [1.54, 1.807) is 0 Å². The summed E-state index contributed by atoms with van der Waals surface area (Å²) in [5, 5.41) is 0. The van der Waals surface area contributed by atoms with Crippen LogP contribution in [0, 0.1) is 0 Å². The SMILES string of the molecule is CN(CCc1ccccn1)C1CCN(I)CC1. The predicted octanol–water partition coefficient (Wildman–Crippen LogP) is 2.37. The van der Waals surface area contributed by atoms with Gasteiger partial charge in [-0.2, -0.15) is 0 Å². The van der Waals surface area contributed by atoms with Gasteiger partial charge in [0, 0.05) is 66.9 Å². The molecule has 0 N–H and O–H groups in total. The Labute approximate surface area is 118 Å². The second-order valence-corrected chi connectivity index (χ2v) is 6.06. The van der Waals surface area contributed by atoms with E-state index in [2.05, 4.69) is 55.0 Å². The molecule has 2 heterocycles. The maximum atomic E-state index is 4.37. The van der Waals surface area contributed by atoms with Crippen LogP contribution >= 0.6 is 22.9 Å². The molecule has 1 aromatic heterocycles. The van der Waals surface area contributed by atoms with E-state index in [-0.39, 0.29) is 0 Å². The standard InChI is InChI=1S/C13H20IN3/c1-16(13-6-10-17(14)11-7-13)9-5-12-4-2-3-8-15-12/h2-4,8,13H,5-7,9-11H2,1H3. The topological polar surface area (TPSA) is 19.4 Å². The highest BCUT2D eigenvalue weighted by molar-refractivity contribution is 14.1. The molecule has 0 atom stereocenters. The quantitative estimate of drug-likeness (QED) is 0.617. The lowest BCUT2D eigenvalue weighted by molar-refractivity contribution is 0.180. The van der Waals surface area contributed by atoms with Crippen LogP contribution in [-0.2, 0) is 6.42 Å². The van der Waals surface area contributed by atoms with Crippen LogP contribution in [0.4, 0.5) is 0 Å². The van der Waals surface area contributed by atoms with Gasteiger partial charge in [-0.25, -0.2) is 3.11 Å². The second-order valence-electron chi connectivity index (χ2n) is 4.69. The molecule has 0 aromatic carbocycles. The van der Waals surface area contributed by atoms with Crippen molar-refractivity contribution in [2.45, 2.75) is 25.3 Å². The molecular formula is C13H20IN3. The van der Waals surface area contributed by atoms with Gasteiger partial charge >= 0.3 is 0 Å². The third-order valence-electron chi connectivity index (χ3n) is 3.48. The number of piperidine rings is 1. The zero-order valence-electron chi connectivity index (χ0n) is 10.3. The van der Waals surface area contributed by atoms with Gasteiger partial charge in [-0.3, -0.25) is 4.98 Å². The van der Waals surface area contributed by atoms with E-state index < -0.39 is 0 Å². The minimum atomic E-state index is 0.754. The van der Waals surface area contributed by atoms with Crippen LogP contribution < -0.4 is 0 Å². The van der Waals surface area contributed by atoms with Gasteiger partial charge in [0.05, 0.1) is 0 Å². The smallest absolute Gasteiger partial charge is 0.0416 e. The molecule has 0 bridgehead atoms. The number of pyridine rings is 1. The summed E-state index contributed by atoms with van der Waals surface area (Å²) in [5.74, 6) is 0. The first-order valence-electron chi connectivity index (χ1n) is 6.26. The molecule has 0 radical (unpaired) electrons. The summed E-state index contributed by atoms with van der Waals surface area (Å²) in [6, 6.07) is 6.91. The number of hydrogen-bond donors (Lipinski definition) is 0. The van der Waals surface area contributed by atoms with Gasteiger partial charge in [0.15, 0.2) is 0 Å². The van der Waals surface area contributed by atoms with Crippen molar-refractivity contribution in [2.24, 2.45) is 0 Å². The van der Waals surface area contributed by atoms with Crippen LogP contribution in [-0.4, -0.2) is 45.7 Å². The molecule has 1 aliphatic heterocycles. The maximum absolute atomic E-state index is 4.37. The number of halogens is 1. The fourth-order valence-corrected chi connectivity index (χ4v) is 2.85. The van der Waals surface area contributed by atoms with Crippen molar-refractivity contribution < 1.29 is 0 Å². The summed E-state index contributed by atoms with van der Waals surface area (Å²) in [5.41, 5.74) is 1.20. The fraction of sp³-hybridized carbons (Fsp3) is 0.615. The van der Waals surface area contributed by atoms with E-state index in [9.17, 15) is 0 Å². The monoisotopic (exact) mass is 345 g/mol. The van der Waals surface area contributed by atoms with Crippen molar-refractivity contribution in [1.29, 1.82) is 0 Å². The van der Waals surface area contributed by atoms with Gasteiger partial charge in [0.25, 0.3) is 0 Å². The van der Waals surface area contributed by atoms with Gasteiger partial charge in [0.2, 0.25) is 0 Å². The highest BCUT2D eigenvalue weighted by Gasteiger charge is 2.20. The Bertz CT molecular complexity index is 323. The number of hydrogen-bond acceptors (Lipinski definition) is 3. The van der Waals surface area contributed by atoms with Crippen molar-refractivity contribution in [3.8, 4) is 0 Å². The van der Waals surface area contributed by atoms with Crippen LogP contribution in [0.1, 0.15) is 18.5 Å². The third-order valence-corrected chi connectivity index (χ3v) is 4.44. The lowest BCUT2D eigenvalue weighted by Crippen LogP contribution is -2.41. The minimum Gasteiger partial charge on any atom is -0.303 e. The summed E-state index contributed by atoms with van der Waals surface area (Å²) in [7, 11) is 2.25. The molecule has 1 aromatic rings. The first-order valence-corrected chi connectivity index (χ1v) is 7.23. The van der Waals surface area contributed by atoms with Gasteiger partial charge in [-0.15, -0.1) is 0 Å². The predicted molar refractivity (Wildman–Crippen MR) is 79.2 cm³/mol. The average Bonchev–Trinajstić information content (AvgIpc) is 2.38. The Balaban J connectivity index is 1.75. The molecule has 1 fully saturated rings. The van der Waals surface area contributed by atoms with E-state index in [0.29, 0.717) is 0 Å². The van der Waals surface area contributed by atoms with Crippen LogP contribution in [0.25, 0.3) is 0 Å². The van der Waals surface area contributed by atoms with E-state index in [1.807, 2.05) is 12.3 Å². The summed E-state index contributed by atoms with van der Waals surface area (Å²) in [6.45, 7) is 3.56. The molecule has 4 heteroatoms. The fourth-order valence-electron chi connectivity index (χ4n) is 2.29. The lowest BCUT2D eigenvalue weighted by atomic mass is 10.1. The van der Waals surface area contributed by atoms with Crippen molar-refractivity contribution >= 4 is 22.9 Å². The van der Waals surface area contributed by atoms with Crippen LogP contribution in [0.5, 0.6) is 0 Å². The van der Waals surface area contributed by atoms with Gasteiger partial charge in [0.1, 0.15) is 0 Å². The van der Waals surface area contributed by atoms with E-state index >= 15 is 0 Å². The molecule has 94 valence electrons. The molecule has 3 nitrogen and oxygen atoms in total. The number of likely N-dealkylation sites (N-methyl/N-ethyl adjacent to an activating group) is 1. The van der Waals surface area contributed by atoms with Gasteiger partial charge in [-0.05, 0) is 32.0 Å². The molecule has 2 rings (SSSR count). The molecule has 17 heavy (non-hydrogen) atoms. The lowest BCUT2D eigenvalue weighted by Gasteiger charge is -2.34. The highest BCUT2D eigenvalue weighted by Crippen LogP contribution is 2.17. The van der Waals surface area contributed by atoms with Gasteiger partial charge in [-0.1, -0.05) is 6.07 Å². The normalized spacial score (nSPS) is 18.8. The summed E-state index contributed by atoms with van der Waals surface area (Å²) in [6.07, 6.45) is 5.52. The third kappa shape index (κ3) is 4.19. The number of nitrogens with zero attached hydrogens (tertiary/aromatic N) is 3. The maximum Gasteiger partial charge on any atom is 0.0416 e. The van der Waals surface area contributed by atoms with E-state index in [1.165, 1.54) is 31.6 Å². The molecule has 0 aliphatic carbocycles. The summed E-state index contributed by atoms with van der Waals surface area (Å²) in [4.78, 5) is 6.87. The Morgan fingerprint density at radius 2 is 2.18 bits per heavy atom. The average molecular weight is 345 g/mol. The Kier molecular flexibility index (Phi) is 5.18. The molecule has 1 aliphatic rings. The Morgan fingerprint density at radius 3 is 2.82 bits per heavy atom. The van der Waals surface area contributed by atoms with Crippen molar-refractivity contribution in [1.82, 2.24) is 13.0 Å². The zero-order chi connectivity index (χ0) is 12.1. The first-order chi connectivity index (χ1) is 8.25. The first kappa shape index (κ1) is 13.2. The minimum absolute atomic E-state index is 0.754. The molecule has 0 amide bonds. The molecule has 0 saturated carbocycles. The Morgan fingerprint density at radius 1 is 1.41 bits per heavy atom. The van der Waals surface area contributed by atoms with Crippen molar-refractivity contribution in [3.63, 3.8) is 0 Å². The number of rotatable bonds is 4. The second kappa shape index (κ2) is 6.66. The van der Waals surface area contributed by atoms with Crippen molar-refractivity contribution in [2.75, 3.05) is 26.7 Å². The number of aromatic nitrogens is 1. The Hall–Kier alpha value is -0.200. The van der Waals surface area contributed by atoms with Crippen molar-refractivity contribution in [3.05, 3.63) is 30.1 Å². The summed E-state index contributed by atoms with van der Waals surface area (Å²) >= 11 is 2.43. The molecule has 0 spiro atoms. The molecule has 0 unspecified atom stereocenters. The summed E-state index contributed by atoms with van der Waals surface area (Å²) < 4.78 is 2.39. The van der Waals surface area contributed by atoms with Crippen LogP contribution in [0.2, 0.25) is 0 Å². The molecule has 1 saturated heterocycles. The zero-order valence-corrected chi connectivity index (χ0v) is 12.5. The van der Waals surface area contributed by atoms with E-state index in [0.717, 1.165) is 19.0 Å². The molecular weight excluding hydrogens is 325 g/mol. The highest BCUT2D eigenvalue weighted by atomic mass is 127. The van der Waals surface area contributed by atoms with Crippen LogP contribution in [0.15, 0.2) is 24.4 Å². The van der Waals surface area contributed by atoms with E-state index in [4.69, 9.17) is 0 Å². The van der Waals surface area contributed by atoms with Gasteiger partial charge < -0.3 is 4.90 Å². The van der Waals surface area contributed by atoms with Crippen LogP contribution in [0.3, 0.4) is 0 Å². The largest absolute Gasteiger partial charge is 0.303 e.